The van der Waals surface area contributed by atoms with E-state index in [0.29, 0.717) is 11.5 Å². The Labute approximate surface area is 156 Å². The minimum atomic E-state index is -4.54. The van der Waals surface area contributed by atoms with Gasteiger partial charge < -0.3 is 10.6 Å². The number of nitrogens with one attached hydrogen (secondary N) is 2. The number of benzene rings is 1. The molecule has 0 unspecified atom stereocenters. The zero-order valence-corrected chi connectivity index (χ0v) is 14.4. The van der Waals surface area contributed by atoms with E-state index in [1.54, 1.807) is 25.1 Å². The molecule has 3 rings (SSSR count). The molecule has 3 aromatic rings. The molecule has 28 heavy (non-hydrogen) atoms. The summed E-state index contributed by atoms with van der Waals surface area (Å²) in [6, 6.07) is 9.32. The molecular weight excluding hydrogens is 377 g/mol. The van der Waals surface area contributed by atoms with Gasteiger partial charge in [0, 0.05) is 11.4 Å². The number of pyridine rings is 1. The van der Waals surface area contributed by atoms with Crippen molar-refractivity contribution in [2.45, 2.75) is 13.1 Å². The van der Waals surface area contributed by atoms with Crippen LogP contribution in [-0.2, 0) is 6.18 Å². The second kappa shape index (κ2) is 7.47. The molecule has 2 N–H and O–H groups in total. The fourth-order valence-corrected chi connectivity index (χ4v) is 2.38. The number of aromatic nitrogens is 3. The lowest BCUT2D eigenvalue weighted by atomic mass is 10.2. The maximum Gasteiger partial charge on any atom is 0.416 e. The molecule has 0 aliphatic heterocycles. The summed E-state index contributed by atoms with van der Waals surface area (Å²) in [6.07, 6.45) is -3.49. The molecule has 0 aliphatic carbocycles. The van der Waals surface area contributed by atoms with Gasteiger partial charge >= 0.3 is 11.9 Å². The molecule has 144 valence electrons. The van der Waals surface area contributed by atoms with E-state index in [1.807, 2.05) is 0 Å². The van der Waals surface area contributed by atoms with Gasteiger partial charge in [0.15, 0.2) is 0 Å². The van der Waals surface area contributed by atoms with Gasteiger partial charge in [-0.3, -0.25) is 10.1 Å². The number of nitrogens with zero attached hydrogens (tertiary/aromatic N) is 4. The Morgan fingerprint density at radius 2 is 1.71 bits per heavy atom. The number of nitro groups is 1. The molecule has 0 fully saturated rings. The van der Waals surface area contributed by atoms with Gasteiger partial charge in [-0.1, -0.05) is 12.1 Å². The number of halogens is 3. The highest BCUT2D eigenvalue weighted by molar-refractivity contribution is 5.76. The summed E-state index contributed by atoms with van der Waals surface area (Å²) in [6.45, 7) is 1.75. The molecule has 1 aromatic carbocycles. The Hall–Kier alpha value is -3.76. The molecule has 8 nitrogen and oxygen atoms in total. The molecule has 0 radical (unpaired) electrons. The first-order valence-corrected chi connectivity index (χ1v) is 7.88. The lowest BCUT2D eigenvalue weighted by Gasteiger charge is -2.12. The topological polar surface area (TPSA) is 106 Å². The van der Waals surface area contributed by atoms with E-state index in [2.05, 4.69) is 25.6 Å². The van der Waals surface area contributed by atoms with E-state index >= 15 is 0 Å². The molecule has 0 atom stereocenters. The predicted molar refractivity (Wildman–Crippen MR) is 95.7 cm³/mol. The van der Waals surface area contributed by atoms with Crippen LogP contribution in [0.1, 0.15) is 11.3 Å². The molecule has 11 heteroatoms. The molecule has 0 amide bonds. The average molecular weight is 390 g/mol. The molecule has 0 bridgehead atoms. The SMILES string of the molecule is Cc1cccc(Nc2ncnc(Nc3cccc(C(F)(F)F)c3)c2[N+](=O)[O-])n1. The van der Waals surface area contributed by atoms with Gasteiger partial charge in [0.25, 0.3) is 0 Å². The molecule has 2 heterocycles. The van der Waals surface area contributed by atoms with Crippen LogP contribution in [0.4, 0.5) is 42.0 Å². The van der Waals surface area contributed by atoms with Crippen LogP contribution in [0.2, 0.25) is 0 Å². The first kappa shape index (κ1) is 19.0. The Morgan fingerprint density at radius 1 is 1.04 bits per heavy atom. The fraction of sp³-hybridized carbons (Fsp3) is 0.118. The maximum absolute atomic E-state index is 12.9. The first-order valence-electron chi connectivity index (χ1n) is 7.88. The van der Waals surface area contributed by atoms with Crippen LogP contribution < -0.4 is 10.6 Å². The largest absolute Gasteiger partial charge is 0.416 e. The second-order valence-electron chi connectivity index (χ2n) is 5.67. The molecule has 0 aliphatic rings. The van der Waals surface area contributed by atoms with E-state index in [1.165, 1.54) is 12.1 Å². The van der Waals surface area contributed by atoms with Gasteiger partial charge in [-0.25, -0.2) is 15.0 Å². The van der Waals surface area contributed by atoms with Crippen molar-refractivity contribution >= 4 is 28.8 Å². The summed E-state index contributed by atoms with van der Waals surface area (Å²) in [5, 5.41) is 16.8. The molecule has 2 aromatic heterocycles. The van der Waals surface area contributed by atoms with Gasteiger partial charge in [-0.15, -0.1) is 0 Å². The molecular formula is C17H13F3N6O2. The smallest absolute Gasteiger partial charge is 0.334 e. The van der Waals surface area contributed by atoms with Crippen molar-refractivity contribution in [2.24, 2.45) is 0 Å². The van der Waals surface area contributed by atoms with Crippen molar-refractivity contribution < 1.29 is 18.1 Å². The summed E-state index contributed by atoms with van der Waals surface area (Å²) < 4.78 is 38.6. The maximum atomic E-state index is 12.9. The van der Waals surface area contributed by atoms with Crippen molar-refractivity contribution in [3.05, 3.63) is 70.2 Å². The highest BCUT2D eigenvalue weighted by atomic mass is 19.4. The van der Waals surface area contributed by atoms with E-state index in [-0.39, 0.29) is 17.3 Å². The normalized spacial score (nSPS) is 11.1. The Balaban J connectivity index is 1.97. The summed E-state index contributed by atoms with van der Waals surface area (Å²) in [5.74, 6) is -0.0751. The average Bonchev–Trinajstić information content (AvgIpc) is 2.61. The highest BCUT2D eigenvalue weighted by Crippen LogP contribution is 2.35. The third-order valence-corrected chi connectivity index (χ3v) is 3.59. The second-order valence-corrected chi connectivity index (χ2v) is 5.67. The monoisotopic (exact) mass is 390 g/mol. The predicted octanol–water partition coefficient (Wildman–Crippen LogP) is 4.59. The van der Waals surface area contributed by atoms with E-state index < -0.39 is 22.4 Å². The zero-order chi connectivity index (χ0) is 20.3. The quantitative estimate of drug-likeness (QED) is 0.485. The minimum Gasteiger partial charge on any atom is -0.334 e. The van der Waals surface area contributed by atoms with Crippen LogP contribution in [0.3, 0.4) is 0 Å². The minimum absolute atomic E-state index is 0.00347. The van der Waals surface area contributed by atoms with E-state index in [9.17, 15) is 23.3 Å². The van der Waals surface area contributed by atoms with Crippen LogP contribution in [0.15, 0.2) is 48.8 Å². The lowest BCUT2D eigenvalue weighted by molar-refractivity contribution is -0.383. The Bertz CT molecular complexity index is 1030. The zero-order valence-electron chi connectivity index (χ0n) is 14.4. The standard InChI is InChI=1S/C17H13F3N6O2/c1-10-4-2-7-13(23-10)25-16-14(26(27)28)15(21-9-22-16)24-12-6-3-5-11(8-12)17(18,19)20/h2-9H,1H3,(H2,21,22,23,24,25). The summed E-state index contributed by atoms with van der Waals surface area (Å²) in [4.78, 5) is 22.7. The van der Waals surface area contributed by atoms with Gasteiger partial charge in [0.2, 0.25) is 11.6 Å². The number of anilines is 4. The van der Waals surface area contributed by atoms with Crippen molar-refractivity contribution in [1.82, 2.24) is 15.0 Å². The van der Waals surface area contributed by atoms with Crippen LogP contribution in [0, 0.1) is 17.0 Å². The number of aryl methyl sites for hydroxylation is 1. The number of alkyl halides is 3. The molecule has 0 spiro atoms. The highest BCUT2D eigenvalue weighted by Gasteiger charge is 2.31. The summed E-state index contributed by atoms with van der Waals surface area (Å²) in [7, 11) is 0. The molecule has 0 saturated carbocycles. The fourth-order valence-electron chi connectivity index (χ4n) is 2.38. The van der Waals surface area contributed by atoms with Gasteiger partial charge in [-0.05, 0) is 37.3 Å². The lowest BCUT2D eigenvalue weighted by Crippen LogP contribution is -2.08. The summed E-state index contributed by atoms with van der Waals surface area (Å²) in [5.41, 5.74) is -0.736. The van der Waals surface area contributed by atoms with Crippen LogP contribution in [-0.4, -0.2) is 19.9 Å². The van der Waals surface area contributed by atoms with Crippen molar-refractivity contribution in [3.8, 4) is 0 Å². The van der Waals surface area contributed by atoms with E-state index in [4.69, 9.17) is 0 Å². The van der Waals surface area contributed by atoms with Crippen molar-refractivity contribution in [2.75, 3.05) is 10.6 Å². The van der Waals surface area contributed by atoms with Gasteiger partial charge in [-0.2, -0.15) is 13.2 Å². The van der Waals surface area contributed by atoms with Crippen molar-refractivity contribution in [3.63, 3.8) is 0 Å². The summed E-state index contributed by atoms with van der Waals surface area (Å²) >= 11 is 0. The number of hydrogen-bond donors (Lipinski definition) is 2. The Kier molecular flexibility index (Phi) is 5.07. The number of rotatable bonds is 5. The molecule has 0 saturated heterocycles. The number of hydrogen-bond acceptors (Lipinski definition) is 7. The van der Waals surface area contributed by atoms with Gasteiger partial charge in [0.05, 0.1) is 10.5 Å². The van der Waals surface area contributed by atoms with Crippen LogP contribution >= 0.6 is 0 Å². The van der Waals surface area contributed by atoms with Gasteiger partial charge in [0.1, 0.15) is 12.1 Å². The Morgan fingerprint density at radius 3 is 2.36 bits per heavy atom. The third kappa shape index (κ3) is 4.31. The third-order valence-electron chi connectivity index (χ3n) is 3.59. The van der Waals surface area contributed by atoms with Crippen LogP contribution in [0.25, 0.3) is 0 Å². The van der Waals surface area contributed by atoms with E-state index in [0.717, 1.165) is 18.5 Å². The first-order chi connectivity index (χ1) is 13.2. The van der Waals surface area contributed by atoms with Crippen LogP contribution in [0.5, 0.6) is 0 Å². The van der Waals surface area contributed by atoms with Crippen molar-refractivity contribution in [1.29, 1.82) is 0 Å².